The number of aliphatic hydroxyl groups is 1. The predicted molar refractivity (Wildman–Crippen MR) is 98.1 cm³/mol. The third-order valence-corrected chi connectivity index (χ3v) is 5.78. The molecule has 0 spiro atoms. The molecule has 1 aliphatic rings. The Morgan fingerprint density at radius 1 is 1.21 bits per heavy atom. The number of thioether (sulfide) groups is 1. The number of rotatable bonds is 14. The van der Waals surface area contributed by atoms with Crippen molar-refractivity contribution in [1.29, 1.82) is 0 Å². The molecule has 0 radical (unpaired) electrons. The predicted octanol–water partition coefficient (Wildman–Crippen LogP) is 3.64. The van der Waals surface area contributed by atoms with Crippen molar-refractivity contribution in [3.05, 3.63) is 0 Å². The highest BCUT2D eigenvalue weighted by molar-refractivity contribution is 8.00. The Morgan fingerprint density at radius 2 is 1.96 bits per heavy atom. The van der Waals surface area contributed by atoms with E-state index in [2.05, 4.69) is 6.92 Å². The molecule has 5 nitrogen and oxygen atoms in total. The lowest BCUT2D eigenvalue weighted by atomic mass is 10.1. The minimum Gasteiger partial charge on any atom is -0.481 e. The maximum absolute atomic E-state index is 12.0. The summed E-state index contributed by atoms with van der Waals surface area (Å²) < 4.78 is 0. The number of carbonyl (C=O) groups excluding carboxylic acids is 1. The van der Waals surface area contributed by atoms with Gasteiger partial charge in [0.15, 0.2) is 0 Å². The average molecular weight is 360 g/mol. The highest BCUT2D eigenvalue weighted by atomic mass is 32.2. The lowest BCUT2D eigenvalue weighted by molar-refractivity contribution is -0.137. The Hall–Kier alpha value is -0.750. The van der Waals surface area contributed by atoms with E-state index in [1.54, 1.807) is 11.8 Å². The molecule has 1 amide bonds. The van der Waals surface area contributed by atoms with E-state index in [0.29, 0.717) is 12.2 Å². The van der Waals surface area contributed by atoms with Gasteiger partial charge in [-0.05, 0) is 32.1 Å². The van der Waals surface area contributed by atoms with Crippen LogP contribution in [0.4, 0.5) is 0 Å². The fourth-order valence-electron chi connectivity index (χ4n) is 3.03. The van der Waals surface area contributed by atoms with Crippen molar-refractivity contribution < 1.29 is 19.8 Å². The molecular weight excluding hydrogens is 326 g/mol. The molecule has 1 aliphatic heterocycles. The first-order valence-corrected chi connectivity index (χ1v) is 10.4. The molecule has 0 aromatic carbocycles. The van der Waals surface area contributed by atoms with Gasteiger partial charge >= 0.3 is 5.97 Å². The zero-order valence-electron chi connectivity index (χ0n) is 14.9. The largest absolute Gasteiger partial charge is 0.481 e. The fourth-order valence-corrected chi connectivity index (χ4v) is 4.24. The number of carboxylic acid groups (broad SMARTS) is 1. The minimum atomic E-state index is -0.737. The van der Waals surface area contributed by atoms with Crippen molar-refractivity contribution in [2.24, 2.45) is 0 Å². The van der Waals surface area contributed by atoms with E-state index in [1.165, 1.54) is 12.8 Å². The van der Waals surface area contributed by atoms with E-state index in [4.69, 9.17) is 5.11 Å². The standard InChI is InChI=1S/C18H33NO4S/c1-2-3-6-9-15(20)11-12-17-19(16(21)14-24-17)13-8-5-4-7-10-18(22)23/h15,17,20H,2-14H2,1H3,(H,22,23)/t15-,17+/m0/s1. The van der Waals surface area contributed by atoms with Gasteiger partial charge in [0, 0.05) is 13.0 Å². The molecule has 1 rings (SSSR count). The molecule has 24 heavy (non-hydrogen) atoms. The van der Waals surface area contributed by atoms with Gasteiger partial charge in [-0.25, -0.2) is 0 Å². The molecule has 0 aliphatic carbocycles. The van der Waals surface area contributed by atoms with Gasteiger partial charge in [-0.15, -0.1) is 11.8 Å². The number of nitrogens with zero attached hydrogens (tertiary/aromatic N) is 1. The van der Waals surface area contributed by atoms with Crippen molar-refractivity contribution in [1.82, 2.24) is 4.90 Å². The van der Waals surface area contributed by atoms with Crippen molar-refractivity contribution in [2.75, 3.05) is 12.3 Å². The molecular formula is C18H33NO4S. The molecule has 1 saturated heterocycles. The first kappa shape index (κ1) is 21.3. The minimum absolute atomic E-state index is 0.205. The summed E-state index contributed by atoms with van der Waals surface area (Å²) in [6, 6.07) is 0. The molecule has 0 saturated carbocycles. The Kier molecular flexibility index (Phi) is 11.2. The summed E-state index contributed by atoms with van der Waals surface area (Å²) in [6.45, 7) is 2.92. The van der Waals surface area contributed by atoms with E-state index in [9.17, 15) is 14.7 Å². The number of aliphatic carboxylic acids is 1. The van der Waals surface area contributed by atoms with Crippen LogP contribution >= 0.6 is 11.8 Å². The van der Waals surface area contributed by atoms with E-state index in [1.807, 2.05) is 4.90 Å². The van der Waals surface area contributed by atoms with Crippen LogP contribution in [-0.2, 0) is 9.59 Å². The molecule has 140 valence electrons. The summed E-state index contributed by atoms with van der Waals surface area (Å²) in [7, 11) is 0. The quantitative estimate of drug-likeness (QED) is 0.463. The zero-order valence-corrected chi connectivity index (χ0v) is 15.7. The summed E-state index contributed by atoms with van der Waals surface area (Å²) in [5, 5.41) is 18.9. The molecule has 2 atom stereocenters. The lowest BCUT2D eigenvalue weighted by Crippen LogP contribution is -2.34. The van der Waals surface area contributed by atoms with Crippen LogP contribution in [-0.4, -0.2) is 50.8 Å². The highest BCUT2D eigenvalue weighted by Gasteiger charge is 2.31. The van der Waals surface area contributed by atoms with Crippen LogP contribution in [0.3, 0.4) is 0 Å². The SMILES string of the molecule is CCCCC[C@H](O)CC[C@H]1SCC(=O)N1CCCCCCC(=O)O. The van der Waals surface area contributed by atoms with Crippen LogP contribution in [0.25, 0.3) is 0 Å². The molecule has 6 heteroatoms. The number of aliphatic hydroxyl groups excluding tert-OH is 1. The third-order valence-electron chi connectivity index (χ3n) is 4.49. The van der Waals surface area contributed by atoms with Gasteiger partial charge in [-0.2, -0.15) is 0 Å². The molecule has 0 aromatic heterocycles. The Bertz CT molecular complexity index is 378. The summed E-state index contributed by atoms with van der Waals surface area (Å²) in [6.07, 6.45) is 9.41. The maximum atomic E-state index is 12.0. The monoisotopic (exact) mass is 359 g/mol. The van der Waals surface area contributed by atoms with Crippen LogP contribution in [0.5, 0.6) is 0 Å². The topological polar surface area (TPSA) is 77.8 Å². The Morgan fingerprint density at radius 3 is 2.67 bits per heavy atom. The summed E-state index contributed by atoms with van der Waals surface area (Å²) >= 11 is 1.69. The Balaban J connectivity index is 2.19. The van der Waals surface area contributed by atoms with Gasteiger partial charge in [0.25, 0.3) is 0 Å². The zero-order chi connectivity index (χ0) is 17.8. The molecule has 1 heterocycles. The van der Waals surface area contributed by atoms with Gasteiger partial charge in [-0.1, -0.05) is 39.0 Å². The van der Waals surface area contributed by atoms with Crippen LogP contribution in [0.1, 0.15) is 77.6 Å². The molecule has 0 aromatic rings. The number of hydrogen-bond donors (Lipinski definition) is 2. The van der Waals surface area contributed by atoms with E-state index in [0.717, 1.165) is 51.5 Å². The summed E-state index contributed by atoms with van der Waals surface area (Å²) in [5.74, 6) is 0.0185. The summed E-state index contributed by atoms with van der Waals surface area (Å²) in [4.78, 5) is 24.4. The average Bonchev–Trinajstić information content (AvgIpc) is 2.89. The first-order chi connectivity index (χ1) is 11.5. The summed E-state index contributed by atoms with van der Waals surface area (Å²) in [5.41, 5.74) is 0. The van der Waals surface area contributed by atoms with Gasteiger partial charge < -0.3 is 15.1 Å². The van der Waals surface area contributed by atoms with E-state index < -0.39 is 5.97 Å². The fraction of sp³-hybridized carbons (Fsp3) is 0.889. The molecule has 0 bridgehead atoms. The lowest BCUT2D eigenvalue weighted by Gasteiger charge is -2.24. The Labute approximate surface area is 150 Å². The van der Waals surface area contributed by atoms with Crippen LogP contribution < -0.4 is 0 Å². The van der Waals surface area contributed by atoms with Crippen molar-refractivity contribution in [3.8, 4) is 0 Å². The highest BCUT2D eigenvalue weighted by Crippen LogP contribution is 2.29. The maximum Gasteiger partial charge on any atom is 0.303 e. The first-order valence-electron chi connectivity index (χ1n) is 9.35. The van der Waals surface area contributed by atoms with Crippen LogP contribution in [0.2, 0.25) is 0 Å². The number of carbonyl (C=O) groups is 2. The number of carboxylic acids is 1. The molecule has 1 fully saturated rings. The molecule has 0 unspecified atom stereocenters. The van der Waals surface area contributed by atoms with Gasteiger partial charge in [0.05, 0.1) is 17.2 Å². The molecule has 2 N–H and O–H groups in total. The third kappa shape index (κ3) is 8.92. The van der Waals surface area contributed by atoms with Crippen molar-refractivity contribution in [3.63, 3.8) is 0 Å². The normalized spacial score (nSPS) is 19.0. The van der Waals surface area contributed by atoms with E-state index in [-0.39, 0.29) is 23.8 Å². The van der Waals surface area contributed by atoms with Gasteiger partial charge in [0.1, 0.15) is 0 Å². The second-order valence-electron chi connectivity index (χ2n) is 6.64. The van der Waals surface area contributed by atoms with Crippen molar-refractivity contribution >= 4 is 23.6 Å². The second kappa shape index (κ2) is 12.6. The van der Waals surface area contributed by atoms with Gasteiger partial charge in [-0.3, -0.25) is 9.59 Å². The number of amides is 1. The van der Waals surface area contributed by atoms with Crippen LogP contribution in [0, 0.1) is 0 Å². The van der Waals surface area contributed by atoms with Crippen molar-refractivity contribution in [2.45, 2.75) is 89.0 Å². The number of hydrogen-bond acceptors (Lipinski definition) is 4. The smallest absolute Gasteiger partial charge is 0.303 e. The second-order valence-corrected chi connectivity index (χ2v) is 7.80. The van der Waals surface area contributed by atoms with Crippen LogP contribution in [0.15, 0.2) is 0 Å². The van der Waals surface area contributed by atoms with E-state index >= 15 is 0 Å². The number of unbranched alkanes of at least 4 members (excludes halogenated alkanes) is 5. The van der Waals surface area contributed by atoms with Gasteiger partial charge in [0.2, 0.25) is 5.91 Å².